The molecule has 0 saturated heterocycles. The van der Waals surface area contributed by atoms with E-state index in [0.717, 1.165) is 0 Å². The van der Waals surface area contributed by atoms with Crippen molar-refractivity contribution in [1.82, 2.24) is 0 Å². The molecule has 1 aromatic carbocycles. The van der Waals surface area contributed by atoms with E-state index in [0.29, 0.717) is 0 Å². The molecule has 0 spiro atoms. The summed E-state index contributed by atoms with van der Waals surface area (Å²) in [7, 11) is 0. The summed E-state index contributed by atoms with van der Waals surface area (Å²) in [5, 5.41) is 0. The van der Waals surface area contributed by atoms with Gasteiger partial charge in [0.2, 0.25) is 0 Å². The molecule has 0 aliphatic carbocycles. The average molecular weight is 226 g/mol. The zero-order valence-corrected chi connectivity index (χ0v) is 9.29. The van der Waals surface area contributed by atoms with Crippen molar-refractivity contribution in [3.63, 3.8) is 0 Å². The summed E-state index contributed by atoms with van der Waals surface area (Å²) in [6.07, 6.45) is 0. The molecular weight excluding hydrogens is 214 g/mol. The Bertz CT molecular complexity index is 197. The summed E-state index contributed by atoms with van der Waals surface area (Å²) in [5.41, 5.74) is 2.74. The van der Waals surface area contributed by atoms with Crippen LogP contribution >= 0.6 is 34.8 Å². The number of aryl methyl sites for hydroxylation is 2. The van der Waals surface area contributed by atoms with E-state index in [1.54, 1.807) is 0 Å². The molecule has 0 unspecified atom stereocenters. The molecule has 0 radical (unpaired) electrons. The lowest BCUT2D eigenvalue weighted by atomic mass is 10.1. The molecule has 1 rings (SSSR count). The Morgan fingerprint density at radius 1 is 0.917 bits per heavy atom. The van der Waals surface area contributed by atoms with Gasteiger partial charge in [-0.3, -0.25) is 0 Å². The fraction of sp³-hybridized carbons (Fsp3) is 0.333. The highest BCUT2D eigenvalue weighted by Gasteiger charge is 1.83. The minimum Gasteiger partial charge on any atom is -0.0874 e. The summed E-state index contributed by atoms with van der Waals surface area (Å²) in [6.45, 7) is 4.24. The Hall–Kier alpha value is 0.0900. The maximum Gasteiger partial charge on any atom is 0.180 e. The SMILES string of the molecule is Cc1ccccc1C.ClC(Cl)Cl. The fourth-order valence-electron chi connectivity index (χ4n) is 0.663. The minimum atomic E-state index is -0.750. The molecule has 0 amide bonds. The van der Waals surface area contributed by atoms with Crippen molar-refractivity contribution in [1.29, 1.82) is 0 Å². The van der Waals surface area contributed by atoms with E-state index >= 15 is 0 Å². The zero-order valence-electron chi connectivity index (χ0n) is 7.02. The van der Waals surface area contributed by atoms with Crippen molar-refractivity contribution in [3.05, 3.63) is 35.4 Å². The van der Waals surface area contributed by atoms with Gasteiger partial charge in [0, 0.05) is 0 Å². The highest BCUT2D eigenvalue weighted by molar-refractivity contribution is 6.63. The summed E-state index contributed by atoms with van der Waals surface area (Å²) in [4.78, 5) is 0. The second-order valence-corrected chi connectivity index (χ2v) is 4.31. The van der Waals surface area contributed by atoms with E-state index in [4.69, 9.17) is 34.8 Å². The fourth-order valence-corrected chi connectivity index (χ4v) is 0.663. The van der Waals surface area contributed by atoms with Crippen LogP contribution in [0.15, 0.2) is 24.3 Å². The Morgan fingerprint density at radius 3 is 1.33 bits per heavy atom. The van der Waals surface area contributed by atoms with Crippen molar-refractivity contribution >= 4 is 34.8 Å². The van der Waals surface area contributed by atoms with Crippen molar-refractivity contribution < 1.29 is 0 Å². The number of hydrogen-bond donors (Lipinski definition) is 0. The van der Waals surface area contributed by atoms with Gasteiger partial charge in [0.15, 0.2) is 4.30 Å². The molecule has 0 bridgehead atoms. The number of alkyl halides is 3. The number of hydrogen-bond acceptors (Lipinski definition) is 0. The highest BCUT2D eigenvalue weighted by Crippen LogP contribution is 2.03. The highest BCUT2D eigenvalue weighted by atomic mass is 35.6. The molecule has 12 heavy (non-hydrogen) atoms. The first-order valence-corrected chi connectivity index (χ1v) is 4.79. The minimum absolute atomic E-state index is 0.750. The average Bonchev–Trinajstić information content (AvgIpc) is 1.94. The predicted octanol–water partition coefficient (Wildman–Crippen LogP) is 4.29. The van der Waals surface area contributed by atoms with Gasteiger partial charge in [-0.2, -0.15) is 0 Å². The summed E-state index contributed by atoms with van der Waals surface area (Å²) >= 11 is 14.4. The van der Waals surface area contributed by atoms with Crippen LogP contribution in [-0.4, -0.2) is 4.30 Å². The quantitative estimate of drug-likeness (QED) is 0.578. The monoisotopic (exact) mass is 224 g/mol. The Morgan fingerprint density at radius 2 is 1.17 bits per heavy atom. The third-order valence-electron chi connectivity index (χ3n) is 1.43. The van der Waals surface area contributed by atoms with Crippen LogP contribution < -0.4 is 0 Å². The van der Waals surface area contributed by atoms with E-state index in [2.05, 4.69) is 38.1 Å². The number of benzene rings is 1. The first-order chi connectivity index (χ1) is 5.54. The normalized spacial score (nSPS) is 9.17. The van der Waals surface area contributed by atoms with Gasteiger partial charge in [0.1, 0.15) is 0 Å². The smallest absolute Gasteiger partial charge is 0.0874 e. The molecule has 0 N–H and O–H groups in total. The van der Waals surface area contributed by atoms with E-state index < -0.39 is 4.30 Å². The molecule has 68 valence electrons. The van der Waals surface area contributed by atoms with Crippen LogP contribution in [-0.2, 0) is 0 Å². The van der Waals surface area contributed by atoms with Gasteiger partial charge < -0.3 is 0 Å². The summed E-state index contributed by atoms with van der Waals surface area (Å²) < 4.78 is -0.750. The van der Waals surface area contributed by atoms with E-state index in [1.807, 2.05) is 0 Å². The summed E-state index contributed by atoms with van der Waals surface area (Å²) in [6, 6.07) is 8.36. The molecular formula is C9H11Cl3. The van der Waals surface area contributed by atoms with Crippen molar-refractivity contribution in [3.8, 4) is 0 Å². The van der Waals surface area contributed by atoms with Gasteiger partial charge in [-0.25, -0.2) is 0 Å². The topological polar surface area (TPSA) is 0 Å². The second kappa shape index (κ2) is 6.59. The number of halogens is 3. The third kappa shape index (κ3) is 6.78. The van der Waals surface area contributed by atoms with Crippen LogP contribution in [0.3, 0.4) is 0 Å². The zero-order chi connectivity index (χ0) is 9.56. The lowest BCUT2D eigenvalue weighted by molar-refractivity contribution is 1.34. The molecule has 0 saturated carbocycles. The molecule has 0 aromatic heterocycles. The number of rotatable bonds is 0. The molecule has 0 fully saturated rings. The predicted molar refractivity (Wildman–Crippen MR) is 57.3 cm³/mol. The maximum atomic E-state index is 4.81. The van der Waals surface area contributed by atoms with E-state index in [-0.39, 0.29) is 0 Å². The first kappa shape index (κ1) is 12.1. The molecule has 0 heterocycles. The molecule has 0 nitrogen and oxygen atoms in total. The van der Waals surface area contributed by atoms with Crippen LogP contribution in [0.2, 0.25) is 0 Å². The van der Waals surface area contributed by atoms with Gasteiger partial charge in [0.25, 0.3) is 0 Å². The van der Waals surface area contributed by atoms with Gasteiger partial charge in [-0.05, 0) is 25.0 Å². The van der Waals surface area contributed by atoms with Crippen LogP contribution in [0, 0.1) is 13.8 Å². The Labute approximate surface area is 88.4 Å². The summed E-state index contributed by atoms with van der Waals surface area (Å²) in [5.74, 6) is 0. The van der Waals surface area contributed by atoms with Gasteiger partial charge in [-0.15, -0.1) is 0 Å². The van der Waals surface area contributed by atoms with Crippen LogP contribution in [0.25, 0.3) is 0 Å². The lowest BCUT2D eigenvalue weighted by Crippen LogP contribution is -1.74. The maximum absolute atomic E-state index is 4.81. The van der Waals surface area contributed by atoms with E-state index in [9.17, 15) is 0 Å². The van der Waals surface area contributed by atoms with Gasteiger partial charge in [0.05, 0.1) is 0 Å². The van der Waals surface area contributed by atoms with Crippen LogP contribution in [0.1, 0.15) is 11.1 Å². The lowest BCUT2D eigenvalue weighted by Gasteiger charge is -1.93. The standard InChI is InChI=1S/C8H10.CHCl3/c1-7-5-3-4-6-8(7)2;2-1(3)4/h3-6H,1-2H3;1H. The van der Waals surface area contributed by atoms with Crippen molar-refractivity contribution in [2.75, 3.05) is 0 Å². The third-order valence-corrected chi connectivity index (χ3v) is 1.43. The van der Waals surface area contributed by atoms with Gasteiger partial charge >= 0.3 is 0 Å². The molecule has 0 aliphatic heterocycles. The first-order valence-electron chi connectivity index (χ1n) is 3.48. The van der Waals surface area contributed by atoms with Crippen molar-refractivity contribution in [2.45, 2.75) is 18.1 Å². The van der Waals surface area contributed by atoms with Crippen LogP contribution in [0.4, 0.5) is 0 Å². The largest absolute Gasteiger partial charge is 0.180 e. The molecule has 0 aliphatic rings. The second-order valence-electron chi connectivity index (χ2n) is 2.33. The van der Waals surface area contributed by atoms with Crippen molar-refractivity contribution in [2.24, 2.45) is 0 Å². The Balaban J connectivity index is 0.000000261. The van der Waals surface area contributed by atoms with Gasteiger partial charge in [-0.1, -0.05) is 59.1 Å². The van der Waals surface area contributed by atoms with Crippen LogP contribution in [0.5, 0.6) is 0 Å². The Kier molecular flexibility index (Phi) is 6.64. The van der Waals surface area contributed by atoms with E-state index in [1.165, 1.54) is 11.1 Å². The molecule has 1 aromatic rings. The molecule has 0 atom stereocenters. The molecule has 3 heteroatoms.